The molecule has 0 aliphatic heterocycles. The zero-order valence-corrected chi connectivity index (χ0v) is 12.6. The van der Waals surface area contributed by atoms with E-state index >= 15 is 0 Å². The molecule has 0 saturated carbocycles. The maximum atomic E-state index is 12.4. The first kappa shape index (κ1) is 14.4. The summed E-state index contributed by atoms with van der Waals surface area (Å²) < 4.78 is 12.4. The lowest BCUT2D eigenvalue weighted by Crippen LogP contribution is -2.01. The highest BCUT2D eigenvalue weighted by atomic mass is 35.5. The van der Waals surface area contributed by atoms with E-state index in [-0.39, 0.29) is 0 Å². The molecule has 0 bridgehead atoms. The van der Waals surface area contributed by atoms with Crippen molar-refractivity contribution in [2.75, 3.05) is 5.73 Å². The van der Waals surface area contributed by atoms with Crippen LogP contribution in [-0.4, -0.2) is 4.21 Å². The van der Waals surface area contributed by atoms with Crippen molar-refractivity contribution in [2.24, 2.45) is 0 Å². The third-order valence-electron chi connectivity index (χ3n) is 2.85. The molecule has 0 heterocycles. The fourth-order valence-electron chi connectivity index (χ4n) is 1.74. The Hall–Kier alpha value is -1.03. The van der Waals surface area contributed by atoms with Crippen LogP contribution in [0.5, 0.6) is 0 Å². The number of nitrogen functional groups attached to an aromatic ring is 1. The second-order valence-electron chi connectivity index (χ2n) is 4.21. The molecule has 0 aromatic heterocycles. The first-order valence-electron chi connectivity index (χ1n) is 5.66. The van der Waals surface area contributed by atoms with Gasteiger partial charge < -0.3 is 5.73 Å². The predicted octanol–water partition coefficient (Wildman–Crippen LogP) is 4.19. The van der Waals surface area contributed by atoms with Gasteiger partial charge in [-0.15, -0.1) is 0 Å². The molecule has 1 unspecified atom stereocenters. The molecule has 0 spiro atoms. The monoisotopic (exact) mass is 313 g/mol. The van der Waals surface area contributed by atoms with Gasteiger partial charge in [0.2, 0.25) is 0 Å². The number of halogens is 2. The SMILES string of the molecule is Cc1c(N)cccc1S(=O)Cc1ccc(Cl)c(Cl)c1. The average Bonchev–Trinajstić information content (AvgIpc) is 2.37. The molecular weight excluding hydrogens is 301 g/mol. The van der Waals surface area contributed by atoms with Crippen molar-refractivity contribution >= 4 is 39.7 Å². The molecule has 2 nitrogen and oxygen atoms in total. The van der Waals surface area contributed by atoms with Crippen LogP contribution in [0.3, 0.4) is 0 Å². The molecule has 2 aromatic rings. The standard InChI is InChI=1S/C14H13Cl2NOS/c1-9-13(17)3-2-4-14(9)19(18)8-10-5-6-11(15)12(16)7-10/h2-7H,8,17H2,1H3. The van der Waals surface area contributed by atoms with Crippen LogP contribution in [0.4, 0.5) is 5.69 Å². The van der Waals surface area contributed by atoms with Crippen molar-refractivity contribution < 1.29 is 4.21 Å². The molecule has 2 rings (SSSR count). The number of rotatable bonds is 3. The van der Waals surface area contributed by atoms with Crippen LogP contribution in [-0.2, 0) is 16.6 Å². The average molecular weight is 314 g/mol. The lowest BCUT2D eigenvalue weighted by Gasteiger charge is -2.08. The quantitative estimate of drug-likeness (QED) is 0.863. The number of hydrogen-bond donors (Lipinski definition) is 1. The van der Waals surface area contributed by atoms with Gasteiger partial charge in [0.15, 0.2) is 0 Å². The number of anilines is 1. The predicted molar refractivity (Wildman–Crippen MR) is 82.2 cm³/mol. The lowest BCUT2D eigenvalue weighted by atomic mass is 10.2. The molecule has 5 heteroatoms. The summed E-state index contributed by atoms with van der Waals surface area (Å²) in [6.45, 7) is 1.87. The lowest BCUT2D eigenvalue weighted by molar-refractivity contribution is 0.682. The minimum atomic E-state index is -1.15. The zero-order valence-electron chi connectivity index (χ0n) is 10.3. The molecule has 0 amide bonds. The van der Waals surface area contributed by atoms with Crippen molar-refractivity contribution in [1.82, 2.24) is 0 Å². The molecule has 100 valence electrons. The van der Waals surface area contributed by atoms with Crippen molar-refractivity contribution in [3.05, 3.63) is 57.6 Å². The van der Waals surface area contributed by atoms with Gasteiger partial charge in [0.25, 0.3) is 0 Å². The minimum Gasteiger partial charge on any atom is -0.398 e. The summed E-state index contributed by atoms with van der Waals surface area (Å²) in [5.41, 5.74) is 8.22. The number of nitrogens with two attached hydrogens (primary N) is 1. The molecule has 0 aliphatic carbocycles. The summed E-state index contributed by atoms with van der Waals surface area (Å²) in [7, 11) is -1.15. The van der Waals surface area contributed by atoms with E-state index in [0.717, 1.165) is 16.0 Å². The van der Waals surface area contributed by atoms with Crippen molar-refractivity contribution in [2.45, 2.75) is 17.6 Å². The molecule has 0 aliphatic rings. The second-order valence-corrected chi connectivity index (χ2v) is 6.44. The Balaban J connectivity index is 2.26. The van der Waals surface area contributed by atoms with E-state index in [1.165, 1.54) is 0 Å². The minimum absolute atomic E-state index is 0.390. The molecule has 1 atom stereocenters. The van der Waals surface area contributed by atoms with E-state index < -0.39 is 10.8 Å². The molecule has 0 fully saturated rings. The molecular formula is C14H13Cl2NOS. The zero-order chi connectivity index (χ0) is 14.0. The summed E-state index contributed by atoms with van der Waals surface area (Å²) in [5, 5.41) is 0.969. The Morgan fingerprint density at radius 2 is 1.89 bits per heavy atom. The summed E-state index contributed by atoms with van der Waals surface area (Å²) in [5.74, 6) is 0.390. The van der Waals surface area contributed by atoms with E-state index in [2.05, 4.69) is 0 Å². The Labute approximate surface area is 125 Å². The molecule has 19 heavy (non-hydrogen) atoms. The van der Waals surface area contributed by atoms with E-state index in [4.69, 9.17) is 28.9 Å². The van der Waals surface area contributed by atoms with Crippen LogP contribution >= 0.6 is 23.2 Å². The van der Waals surface area contributed by atoms with Crippen LogP contribution in [0, 0.1) is 6.92 Å². The van der Waals surface area contributed by atoms with Gasteiger partial charge in [-0.25, -0.2) is 0 Å². The largest absolute Gasteiger partial charge is 0.398 e. The molecule has 0 saturated heterocycles. The Morgan fingerprint density at radius 3 is 2.58 bits per heavy atom. The van der Waals surface area contributed by atoms with Gasteiger partial charge in [-0.2, -0.15) is 0 Å². The van der Waals surface area contributed by atoms with Crippen LogP contribution in [0.15, 0.2) is 41.3 Å². The third-order valence-corrected chi connectivity index (χ3v) is 5.12. The first-order chi connectivity index (χ1) is 8.99. The van der Waals surface area contributed by atoms with Crippen molar-refractivity contribution in [1.29, 1.82) is 0 Å². The summed E-state index contributed by atoms with van der Waals surface area (Å²) in [4.78, 5) is 0.756. The Morgan fingerprint density at radius 1 is 1.16 bits per heavy atom. The topological polar surface area (TPSA) is 43.1 Å². The maximum Gasteiger partial charge on any atom is 0.0595 e. The Kier molecular flexibility index (Phi) is 4.50. The van der Waals surface area contributed by atoms with Gasteiger partial charge in [-0.05, 0) is 42.3 Å². The van der Waals surface area contributed by atoms with Crippen LogP contribution in [0.2, 0.25) is 10.0 Å². The van der Waals surface area contributed by atoms with Gasteiger partial charge in [0, 0.05) is 10.6 Å². The first-order valence-corrected chi connectivity index (χ1v) is 7.74. The van der Waals surface area contributed by atoms with Gasteiger partial charge in [-0.1, -0.05) is 35.3 Å². The van der Waals surface area contributed by atoms with Crippen LogP contribution in [0.25, 0.3) is 0 Å². The van der Waals surface area contributed by atoms with E-state index in [0.29, 0.717) is 21.5 Å². The fraction of sp³-hybridized carbons (Fsp3) is 0.143. The second kappa shape index (κ2) is 5.95. The highest BCUT2D eigenvalue weighted by Crippen LogP contribution is 2.25. The van der Waals surface area contributed by atoms with Crippen LogP contribution in [0.1, 0.15) is 11.1 Å². The van der Waals surface area contributed by atoms with E-state index in [9.17, 15) is 4.21 Å². The van der Waals surface area contributed by atoms with Crippen molar-refractivity contribution in [3.8, 4) is 0 Å². The summed E-state index contributed by atoms with van der Waals surface area (Å²) in [6.07, 6.45) is 0. The Bertz CT molecular complexity index is 643. The normalized spacial score (nSPS) is 12.4. The molecule has 2 aromatic carbocycles. The van der Waals surface area contributed by atoms with Gasteiger partial charge in [0.05, 0.1) is 26.6 Å². The van der Waals surface area contributed by atoms with E-state index in [1.54, 1.807) is 18.2 Å². The van der Waals surface area contributed by atoms with E-state index in [1.807, 2.05) is 25.1 Å². The van der Waals surface area contributed by atoms with Crippen molar-refractivity contribution in [3.63, 3.8) is 0 Å². The maximum absolute atomic E-state index is 12.4. The van der Waals surface area contributed by atoms with Gasteiger partial charge in [0.1, 0.15) is 0 Å². The highest BCUT2D eigenvalue weighted by Gasteiger charge is 2.10. The van der Waals surface area contributed by atoms with Crippen LogP contribution < -0.4 is 5.73 Å². The molecule has 2 N–H and O–H groups in total. The number of hydrogen-bond acceptors (Lipinski definition) is 2. The summed E-state index contributed by atoms with van der Waals surface area (Å²) >= 11 is 11.8. The number of benzene rings is 2. The molecule has 0 radical (unpaired) electrons. The smallest absolute Gasteiger partial charge is 0.0595 e. The third kappa shape index (κ3) is 3.30. The summed E-state index contributed by atoms with van der Waals surface area (Å²) in [6, 6.07) is 10.7. The highest BCUT2D eigenvalue weighted by molar-refractivity contribution is 7.84. The van der Waals surface area contributed by atoms with Gasteiger partial charge in [-0.3, -0.25) is 4.21 Å². The van der Waals surface area contributed by atoms with Gasteiger partial charge >= 0.3 is 0 Å². The fourth-order valence-corrected chi connectivity index (χ4v) is 3.38.